The minimum Gasteiger partial charge on any atom is -0.271 e. The maximum absolute atomic E-state index is 5.81. The van der Waals surface area contributed by atoms with Crippen LogP contribution < -0.4 is 11.3 Å². The Balaban J connectivity index is 2.17. The van der Waals surface area contributed by atoms with E-state index in [0.29, 0.717) is 0 Å². The van der Waals surface area contributed by atoms with E-state index in [1.54, 1.807) is 22.7 Å². The number of rotatable bonds is 3. The maximum Gasteiger partial charge on any atom is 0.0900 e. The third-order valence-electron chi connectivity index (χ3n) is 3.19. The van der Waals surface area contributed by atoms with Gasteiger partial charge in [0.05, 0.1) is 21.6 Å². The molecule has 3 rings (SSSR count). The Labute approximate surface area is 120 Å². The molecule has 2 aromatic heterocycles. The van der Waals surface area contributed by atoms with E-state index in [1.165, 1.54) is 20.5 Å². The Morgan fingerprint density at radius 3 is 2.79 bits per heavy atom. The molecule has 0 saturated carbocycles. The zero-order valence-electron chi connectivity index (χ0n) is 10.8. The van der Waals surface area contributed by atoms with Crippen LogP contribution in [0.15, 0.2) is 29.6 Å². The van der Waals surface area contributed by atoms with E-state index in [-0.39, 0.29) is 6.04 Å². The predicted octanol–water partition coefficient (Wildman–Crippen LogP) is 3.53. The van der Waals surface area contributed by atoms with Gasteiger partial charge < -0.3 is 0 Å². The quantitative estimate of drug-likeness (QED) is 0.573. The van der Waals surface area contributed by atoms with Crippen LogP contribution in [0.3, 0.4) is 0 Å². The van der Waals surface area contributed by atoms with E-state index in [9.17, 15) is 0 Å². The molecule has 0 spiro atoms. The highest BCUT2D eigenvalue weighted by Crippen LogP contribution is 2.35. The fourth-order valence-electron chi connectivity index (χ4n) is 2.37. The van der Waals surface area contributed by atoms with Gasteiger partial charge in [0.1, 0.15) is 0 Å². The van der Waals surface area contributed by atoms with Crippen LogP contribution in [0.25, 0.3) is 10.1 Å². The molecule has 1 unspecified atom stereocenters. The molecule has 5 heteroatoms. The molecule has 3 aromatic rings. The fourth-order valence-corrected chi connectivity index (χ4v) is 4.32. The van der Waals surface area contributed by atoms with Crippen LogP contribution in [-0.4, -0.2) is 4.98 Å². The number of thiazole rings is 1. The van der Waals surface area contributed by atoms with Gasteiger partial charge in [-0.05, 0) is 36.2 Å². The van der Waals surface area contributed by atoms with Gasteiger partial charge in [-0.1, -0.05) is 18.2 Å². The van der Waals surface area contributed by atoms with E-state index in [2.05, 4.69) is 40.1 Å². The first-order chi connectivity index (χ1) is 9.20. The molecule has 0 fully saturated rings. The topological polar surface area (TPSA) is 50.9 Å². The molecule has 0 aliphatic heterocycles. The molecule has 3 nitrogen and oxygen atoms in total. The fraction of sp³-hybridized carbons (Fsp3) is 0.214. The summed E-state index contributed by atoms with van der Waals surface area (Å²) in [6, 6.07) is 8.50. The van der Waals surface area contributed by atoms with Crippen molar-refractivity contribution in [2.24, 2.45) is 5.84 Å². The Bertz CT molecular complexity index is 714. The van der Waals surface area contributed by atoms with Gasteiger partial charge in [-0.3, -0.25) is 5.84 Å². The smallest absolute Gasteiger partial charge is 0.0900 e. The number of hydrazine groups is 1. The highest BCUT2D eigenvalue weighted by Gasteiger charge is 2.20. The lowest BCUT2D eigenvalue weighted by atomic mass is 10.0. The van der Waals surface area contributed by atoms with Gasteiger partial charge in [0, 0.05) is 4.70 Å². The molecule has 0 aliphatic rings. The standard InChI is InChI=1S/C14H15N3S2/c1-8-13(19-9(2)16-8)12(17-15)11-5-3-4-10-6-7-18-14(10)11/h3-7,12,17H,15H2,1-2H3. The largest absolute Gasteiger partial charge is 0.271 e. The van der Waals surface area contributed by atoms with Gasteiger partial charge in [-0.15, -0.1) is 22.7 Å². The number of nitrogens with one attached hydrogen (secondary N) is 1. The van der Waals surface area contributed by atoms with Crippen LogP contribution in [0, 0.1) is 13.8 Å². The number of hydrogen-bond acceptors (Lipinski definition) is 5. The van der Waals surface area contributed by atoms with Crippen LogP contribution in [-0.2, 0) is 0 Å². The van der Waals surface area contributed by atoms with E-state index in [4.69, 9.17) is 5.84 Å². The number of aromatic nitrogens is 1. The first kappa shape index (κ1) is 12.7. The average Bonchev–Trinajstić information content (AvgIpc) is 2.98. The van der Waals surface area contributed by atoms with Crippen LogP contribution in [0.1, 0.15) is 27.2 Å². The summed E-state index contributed by atoms with van der Waals surface area (Å²) in [7, 11) is 0. The third-order valence-corrected chi connectivity index (χ3v) is 5.31. The molecular weight excluding hydrogens is 274 g/mol. The van der Waals surface area contributed by atoms with Crippen molar-refractivity contribution >= 4 is 32.8 Å². The van der Waals surface area contributed by atoms with Crippen molar-refractivity contribution in [1.29, 1.82) is 0 Å². The molecule has 2 heterocycles. The second-order valence-corrected chi connectivity index (χ2v) is 6.62. The van der Waals surface area contributed by atoms with Crippen molar-refractivity contribution < 1.29 is 0 Å². The Hall–Kier alpha value is -1.27. The Morgan fingerprint density at radius 2 is 2.11 bits per heavy atom. The molecule has 0 saturated heterocycles. The lowest BCUT2D eigenvalue weighted by molar-refractivity contribution is 0.646. The van der Waals surface area contributed by atoms with Crippen molar-refractivity contribution in [3.05, 3.63) is 50.8 Å². The zero-order valence-corrected chi connectivity index (χ0v) is 12.4. The molecular formula is C14H15N3S2. The van der Waals surface area contributed by atoms with Gasteiger partial charge in [0.15, 0.2) is 0 Å². The van der Waals surface area contributed by atoms with Gasteiger partial charge in [-0.25, -0.2) is 10.4 Å². The summed E-state index contributed by atoms with van der Waals surface area (Å²) in [6.45, 7) is 4.07. The summed E-state index contributed by atoms with van der Waals surface area (Å²) >= 11 is 3.46. The number of nitrogens with zero attached hydrogens (tertiary/aromatic N) is 1. The molecule has 19 heavy (non-hydrogen) atoms. The van der Waals surface area contributed by atoms with E-state index < -0.39 is 0 Å². The molecule has 3 N–H and O–H groups in total. The number of benzene rings is 1. The second kappa shape index (κ2) is 5.02. The summed E-state index contributed by atoms with van der Waals surface area (Å²) < 4.78 is 1.29. The van der Waals surface area contributed by atoms with Crippen molar-refractivity contribution in [3.63, 3.8) is 0 Å². The number of hydrogen-bond donors (Lipinski definition) is 2. The monoisotopic (exact) mass is 289 g/mol. The van der Waals surface area contributed by atoms with Crippen molar-refractivity contribution in [1.82, 2.24) is 10.4 Å². The average molecular weight is 289 g/mol. The molecule has 0 amide bonds. The molecule has 1 aromatic carbocycles. The summed E-state index contributed by atoms with van der Waals surface area (Å²) in [4.78, 5) is 5.69. The second-order valence-electron chi connectivity index (χ2n) is 4.47. The lowest BCUT2D eigenvalue weighted by Crippen LogP contribution is -2.28. The number of thiophene rings is 1. The number of nitrogens with two attached hydrogens (primary N) is 1. The SMILES string of the molecule is Cc1nc(C)c(C(NN)c2cccc3ccsc23)s1. The number of aryl methyl sites for hydroxylation is 2. The Morgan fingerprint density at radius 1 is 1.26 bits per heavy atom. The molecule has 0 aliphatic carbocycles. The van der Waals surface area contributed by atoms with Crippen molar-refractivity contribution in [3.8, 4) is 0 Å². The van der Waals surface area contributed by atoms with Gasteiger partial charge in [0.2, 0.25) is 0 Å². The number of fused-ring (bicyclic) bond motifs is 1. The highest BCUT2D eigenvalue weighted by atomic mass is 32.1. The van der Waals surface area contributed by atoms with Crippen molar-refractivity contribution in [2.75, 3.05) is 0 Å². The normalized spacial score (nSPS) is 13.0. The minimum absolute atomic E-state index is 0.00792. The Kier molecular flexibility index (Phi) is 3.36. The first-order valence-corrected chi connectivity index (χ1v) is 7.76. The lowest BCUT2D eigenvalue weighted by Gasteiger charge is -2.16. The summed E-state index contributed by atoms with van der Waals surface area (Å²) in [6.07, 6.45) is 0. The summed E-state index contributed by atoms with van der Waals surface area (Å²) in [5.41, 5.74) is 5.23. The summed E-state index contributed by atoms with van der Waals surface area (Å²) in [5, 5.41) is 4.46. The summed E-state index contributed by atoms with van der Waals surface area (Å²) in [5.74, 6) is 5.81. The van der Waals surface area contributed by atoms with Gasteiger partial charge in [0.25, 0.3) is 0 Å². The van der Waals surface area contributed by atoms with Crippen LogP contribution in [0.5, 0.6) is 0 Å². The zero-order chi connectivity index (χ0) is 13.4. The van der Waals surface area contributed by atoms with Crippen molar-refractivity contribution in [2.45, 2.75) is 19.9 Å². The van der Waals surface area contributed by atoms with Crippen LogP contribution in [0.2, 0.25) is 0 Å². The maximum atomic E-state index is 5.81. The molecule has 0 bridgehead atoms. The molecule has 98 valence electrons. The predicted molar refractivity (Wildman–Crippen MR) is 82.6 cm³/mol. The minimum atomic E-state index is 0.00792. The van der Waals surface area contributed by atoms with E-state index in [1.807, 2.05) is 13.8 Å². The third kappa shape index (κ3) is 2.19. The molecule has 1 atom stereocenters. The van der Waals surface area contributed by atoms with Crippen LogP contribution >= 0.6 is 22.7 Å². The first-order valence-electron chi connectivity index (χ1n) is 6.07. The highest BCUT2D eigenvalue weighted by molar-refractivity contribution is 7.17. The van der Waals surface area contributed by atoms with E-state index >= 15 is 0 Å². The van der Waals surface area contributed by atoms with Gasteiger partial charge in [-0.2, -0.15) is 0 Å². The van der Waals surface area contributed by atoms with Crippen LogP contribution in [0.4, 0.5) is 0 Å². The van der Waals surface area contributed by atoms with E-state index in [0.717, 1.165) is 10.7 Å². The molecule has 0 radical (unpaired) electrons. The van der Waals surface area contributed by atoms with Gasteiger partial charge >= 0.3 is 0 Å².